The molecule has 2 rings (SSSR count). The zero-order chi connectivity index (χ0) is 14.7. The van der Waals surface area contributed by atoms with E-state index < -0.39 is 0 Å². The second-order valence-corrected chi connectivity index (χ2v) is 4.18. The maximum Gasteiger partial charge on any atom is 0.221 e. The van der Waals surface area contributed by atoms with Gasteiger partial charge in [-0.1, -0.05) is 0 Å². The van der Waals surface area contributed by atoms with E-state index >= 15 is 0 Å². The number of fused-ring (bicyclic) bond motifs is 1. The Balaban J connectivity index is 2.68. The number of carbonyl (C=O) groups excluding carboxylic acids is 1. The summed E-state index contributed by atoms with van der Waals surface area (Å²) in [5, 5.41) is 12.3. The quantitative estimate of drug-likeness (QED) is 0.888. The maximum absolute atomic E-state index is 11.2. The summed E-state index contributed by atoms with van der Waals surface area (Å²) in [7, 11) is 0. The van der Waals surface area contributed by atoms with Crippen LogP contribution in [0.4, 0.5) is 11.4 Å². The molecule has 0 saturated heterocycles. The van der Waals surface area contributed by atoms with E-state index in [-0.39, 0.29) is 5.91 Å². The van der Waals surface area contributed by atoms with E-state index in [1.807, 2.05) is 13.0 Å². The molecule has 0 aliphatic heterocycles. The maximum atomic E-state index is 11.2. The van der Waals surface area contributed by atoms with Crippen molar-refractivity contribution >= 4 is 28.2 Å². The lowest BCUT2D eigenvalue weighted by atomic mass is 10.1. The Morgan fingerprint density at radius 3 is 2.90 bits per heavy atom. The third-order valence-electron chi connectivity index (χ3n) is 2.74. The van der Waals surface area contributed by atoms with E-state index in [0.717, 1.165) is 0 Å². The van der Waals surface area contributed by atoms with Gasteiger partial charge in [-0.2, -0.15) is 5.26 Å². The Kier molecular flexibility index (Phi) is 3.71. The minimum Gasteiger partial charge on any atom is -0.492 e. The van der Waals surface area contributed by atoms with Crippen LogP contribution in [0.2, 0.25) is 0 Å². The Bertz CT molecular complexity index is 719. The first-order chi connectivity index (χ1) is 9.56. The minimum absolute atomic E-state index is 0.215. The average molecular weight is 270 g/mol. The highest BCUT2D eigenvalue weighted by Gasteiger charge is 2.12. The fraction of sp³-hybridized carbons (Fsp3) is 0.214. The average Bonchev–Trinajstić information content (AvgIpc) is 2.40. The van der Waals surface area contributed by atoms with Crippen LogP contribution in [0.25, 0.3) is 10.9 Å². The van der Waals surface area contributed by atoms with Crippen molar-refractivity contribution in [2.75, 3.05) is 17.7 Å². The summed E-state index contributed by atoms with van der Waals surface area (Å²) in [4.78, 5) is 15.4. The van der Waals surface area contributed by atoms with Gasteiger partial charge in [-0.25, -0.2) is 0 Å². The van der Waals surface area contributed by atoms with Crippen LogP contribution in [-0.4, -0.2) is 17.5 Å². The summed E-state index contributed by atoms with van der Waals surface area (Å²) in [6.07, 6.45) is 1.42. The predicted octanol–water partition coefficient (Wildman–Crippen LogP) is 2.05. The molecule has 0 fully saturated rings. The van der Waals surface area contributed by atoms with Crippen molar-refractivity contribution in [3.8, 4) is 11.8 Å². The van der Waals surface area contributed by atoms with Gasteiger partial charge in [0.05, 0.1) is 29.1 Å². The number of amides is 1. The van der Waals surface area contributed by atoms with Crippen LogP contribution in [0.3, 0.4) is 0 Å². The van der Waals surface area contributed by atoms with Gasteiger partial charge in [-0.15, -0.1) is 0 Å². The van der Waals surface area contributed by atoms with Crippen LogP contribution >= 0.6 is 0 Å². The highest BCUT2D eigenvalue weighted by molar-refractivity contribution is 6.00. The second kappa shape index (κ2) is 5.45. The van der Waals surface area contributed by atoms with E-state index in [2.05, 4.69) is 10.3 Å². The topological polar surface area (TPSA) is 101 Å². The van der Waals surface area contributed by atoms with Gasteiger partial charge in [0.15, 0.2) is 0 Å². The van der Waals surface area contributed by atoms with Gasteiger partial charge in [-0.05, 0) is 13.0 Å². The molecule has 0 atom stereocenters. The van der Waals surface area contributed by atoms with E-state index in [9.17, 15) is 4.79 Å². The van der Waals surface area contributed by atoms with Crippen molar-refractivity contribution in [2.45, 2.75) is 13.8 Å². The van der Waals surface area contributed by atoms with Crippen LogP contribution in [0.1, 0.15) is 19.4 Å². The molecule has 6 heteroatoms. The highest BCUT2D eigenvalue weighted by atomic mass is 16.5. The molecule has 102 valence electrons. The Labute approximate surface area is 116 Å². The van der Waals surface area contributed by atoms with Gasteiger partial charge in [-0.3, -0.25) is 9.78 Å². The Morgan fingerprint density at radius 1 is 1.55 bits per heavy atom. The molecule has 1 amide bonds. The first kappa shape index (κ1) is 13.6. The summed E-state index contributed by atoms with van der Waals surface area (Å²) >= 11 is 0. The van der Waals surface area contributed by atoms with Gasteiger partial charge >= 0.3 is 0 Å². The van der Waals surface area contributed by atoms with Crippen molar-refractivity contribution in [2.24, 2.45) is 0 Å². The van der Waals surface area contributed by atoms with Crippen molar-refractivity contribution in [3.63, 3.8) is 0 Å². The van der Waals surface area contributed by atoms with Gasteiger partial charge in [0.2, 0.25) is 5.91 Å². The van der Waals surface area contributed by atoms with Crippen LogP contribution in [-0.2, 0) is 4.79 Å². The minimum atomic E-state index is -0.215. The summed E-state index contributed by atoms with van der Waals surface area (Å²) in [6.45, 7) is 3.72. The number of rotatable bonds is 3. The fourth-order valence-electron chi connectivity index (χ4n) is 1.89. The standard InChI is InChI=1S/C14H14N4O2/c1-3-20-13-5-11-10(4-12(13)18-8(2)19)14(16)9(6-15)7-17-11/h4-5,7H,3H2,1-2H3,(H2,16,17)(H,18,19). The lowest BCUT2D eigenvalue weighted by molar-refractivity contribution is -0.114. The van der Waals surface area contributed by atoms with Crippen LogP contribution in [0.15, 0.2) is 18.3 Å². The molecule has 1 heterocycles. The van der Waals surface area contributed by atoms with Crippen molar-refractivity contribution in [3.05, 3.63) is 23.9 Å². The summed E-state index contributed by atoms with van der Waals surface area (Å²) in [5.74, 6) is 0.306. The van der Waals surface area contributed by atoms with Gasteiger partial charge in [0.1, 0.15) is 11.8 Å². The molecule has 0 radical (unpaired) electrons. The molecule has 20 heavy (non-hydrogen) atoms. The molecule has 0 aliphatic rings. The van der Waals surface area contributed by atoms with E-state index in [4.69, 9.17) is 15.7 Å². The molecule has 6 nitrogen and oxygen atoms in total. The molecule has 2 aromatic rings. The number of nitrogens with two attached hydrogens (primary N) is 1. The number of carbonyl (C=O) groups is 1. The summed E-state index contributed by atoms with van der Waals surface area (Å²) in [5.41, 5.74) is 7.70. The van der Waals surface area contributed by atoms with Crippen molar-refractivity contribution in [1.82, 2.24) is 4.98 Å². The lowest BCUT2D eigenvalue weighted by Gasteiger charge is -2.13. The van der Waals surface area contributed by atoms with Crippen molar-refractivity contribution < 1.29 is 9.53 Å². The lowest BCUT2D eigenvalue weighted by Crippen LogP contribution is -2.08. The monoisotopic (exact) mass is 270 g/mol. The highest BCUT2D eigenvalue weighted by Crippen LogP contribution is 2.33. The van der Waals surface area contributed by atoms with Gasteiger partial charge in [0.25, 0.3) is 0 Å². The van der Waals surface area contributed by atoms with Gasteiger partial charge < -0.3 is 15.8 Å². The second-order valence-electron chi connectivity index (χ2n) is 4.18. The Hall–Kier alpha value is -2.81. The van der Waals surface area contributed by atoms with Crippen LogP contribution in [0, 0.1) is 11.3 Å². The fourth-order valence-corrected chi connectivity index (χ4v) is 1.89. The normalized spacial score (nSPS) is 10.1. The van der Waals surface area contributed by atoms with Gasteiger partial charge in [0, 0.05) is 24.6 Å². The Morgan fingerprint density at radius 2 is 2.30 bits per heavy atom. The number of aromatic nitrogens is 1. The number of nitrogens with zero attached hydrogens (tertiary/aromatic N) is 2. The first-order valence-corrected chi connectivity index (χ1v) is 6.09. The van der Waals surface area contributed by atoms with Crippen LogP contribution in [0.5, 0.6) is 5.75 Å². The molecule has 1 aromatic carbocycles. The largest absolute Gasteiger partial charge is 0.492 e. The molecular formula is C14H14N4O2. The third kappa shape index (κ3) is 2.47. The zero-order valence-electron chi connectivity index (χ0n) is 11.2. The molecule has 0 spiro atoms. The molecule has 0 saturated carbocycles. The zero-order valence-corrected chi connectivity index (χ0v) is 11.2. The third-order valence-corrected chi connectivity index (χ3v) is 2.74. The van der Waals surface area contributed by atoms with E-state index in [1.165, 1.54) is 13.1 Å². The number of benzene rings is 1. The molecular weight excluding hydrogens is 256 g/mol. The number of hydrogen-bond donors (Lipinski definition) is 2. The first-order valence-electron chi connectivity index (χ1n) is 6.09. The smallest absolute Gasteiger partial charge is 0.221 e. The number of hydrogen-bond acceptors (Lipinski definition) is 5. The number of anilines is 2. The summed E-state index contributed by atoms with van der Waals surface area (Å²) < 4.78 is 5.48. The molecule has 3 N–H and O–H groups in total. The molecule has 0 unspecified atom stereocenters. The molecule has 0 aliphatic carbocycles. The number of ether oxygens (including phenoxy) is 1. The van der Waals surface area contributed by atoms with Crippen LogP contribution < -0.4 is 15.8 Å². The SMILES string of the molecule is CCOc1cc2ncc(C#N)c(N)c2cc1NC(C)=O. The predicted molar refractivity (Wildman–Crippen MR) is 76.3 cm³/mol. The number of nitrogen functional groups attached to an aromatic ring is 1. The number of pyridine rings is 1. The summed E-state index contributed by atoms with van der Waals surface area (Å²) in [6, 6.07) is 5.35. The number of nitriles is 1. The van der Waals surface area contributed by atoms with E-state index in [1.54, 1.807) is 12.1 Å². The van der Waals surface area contributed by atoms with E-state index in [0.29, 0.717) is 40.2 Å². The number of nitrogens with one attached hydrogen (secondary N) is 1. The molecule has 1 aromatic heterocycles. The van der Waals surface area contributed by atoms with Crippen molar-refractivity contribution in [1.29, 1.82) is 5.26 Å². The molecule has 0 bridgehead atoms.